The van der Waals surface area contributed by atoms with Crippen LogP contribution in [0.3, 0.4) is 0 Å². The lowest BCUT2D eigenvalue weighted by Crippen LogP contribution is -2.02. The van der Waals surface area contributed by atoms with Crippen molar-refractivity contribution < 1.29 is 9.90 Å². The van der Waals surface area contributed by atoms with Crippen LogP contribution in [0.1, 0.15) is 20.8 Å². The fraction of sp³-hybridized carbons (Fsp3) is 0.167. The van der Waals surface area contributed by atoms with Crippen LogP contribution in [0.15, 0.2) is 17.5 Å². The molecule has 0 aliphatic carbocycles. The van der Waals surface area contributed by atoms with E-state index in [0.29, 0.717) is 28.1 Å². The lowest BCUT2D eigenvalue weighted by molar-refractivity contribution is 0.0697. The number of rotatable bonds is 4. The van der Waals surface area contributed by atoms with Gasteiger partial charge in [-0.15, -0.1) is 11.3 Å². The van der Waals surface area contributed by atoms with Crippen LogP contribution in [0, 0.1) is 6.92 Å². The molecular weight excluding hydrogens is 307 g/mol. The number of nitrogens with zero attached hydrogens (tertiary/aromatic N) is 1. The maximum Gasteiger partial charge on any atom is 0.336 e. The van der Waals surface area contributed by atoms with Crippen molar-refractivity contribution in [2.75, 3.05) is 5.32 Å². The predicted molar refractivity (Wildman–Crippen MR) is 77.6 cm³/mol. The molecule has 19 heavy (non-hydrogen) atoms. The summed E-state index contributed by atoms with van der Waals surface area (Å²) in [6, 6.07) is 3.35. The number of anilines is 1. The van der Waals surface area contributed by atoms with Gasteiger partial charge in [0.2, 0.25) is 0 Å². The molecule has 0 unspecified atom stereocenters. The van der Waals surface area contributed by atoms with Gasteiger partial charge in [-0.2, -0.15) is 0 Å². The first kappa shape index (κ1) is 14.1. The minimum atomic E-state index is -0.926. The summed E-state index contributed by atoms with van der Waals surface area (Å²) in [6.07, 6.45) is 0. The Hall–Kier alpha value is -1.30. The van der Waals surface area contributed by atoms with Crippen molar-refractivity contribution in [1.82, 2.24) is 4.98 Å². The van der Waals surface area contributed by atoms with Crippen molar-refractivity contribution in [2.24, 2.45) is 0 Å². The Labute approximate surface area is 124 Å². The summed E-state index contributed by atoms with van der Waals surface area (Å²) in [5.74, 6) is -0.926. The summed E-state index contributed by atoms with van der Waals surface area (Å²) in [4.78, 5) is 15.6. The number of pyridine rings is 1. The highest BCUT2D eigenvalue weighted by Crippen LogP contribution is 2.27. The van der Waals surface area contributed by atoms with Gasteiger partial charge < -0.3 is 10.4 Å². The number of carboxylic acids is 1. The molecule has 2 aromatic heterocycles. The highest BCUT2D eigenvalue weighted by Gasteiger charge is 2.09. The zero-order chi connectivity index (χ0) is 14.0. The summed E-state index contributed by atoms with van der Waals surface area (Å²) in [6.45, 7) is 2.36. The van der Waals surface area contributed by atoms with E-state index in [4.69, 9.17) is 28.3 Å². The molecule has 2 aromatic rings. The van der Waals surface area contributed by atoms with Crippen LogP contribution in [0.4, 0.5) is 5.69 Å². The van der Waals surface area contributed by atoms with Gasteiger partial charge in [-0.05, 0) is 24.6 Å². The normalized spacial score (nSPS) is 10.5. The van der Waals surface area contributed by atoms with Crippen molar-refractivity contribution >= 4 is 46.2 Å². The van der Waals surface area contributed by atoms with Gasteiger partial charge >= 0.3 is 5.97 Å². The van der Waals surface area contributed by atoms with Crippen molar-refractivity contribution in [3.8, 4) is 0 Å². The van der Waals surface area contributed by atoms with Crippen molar-refractivity contribution in [3.05, 3.63) is 43.8 Å². The Morgan fingerprint density at radius 3 is 2.79 bits per heavy atom. The van der Waals surface area contributed by atoms with E-state index in [9.17, 15) is 4.79 Å². The first-order valence-corrected chi connectivity index (χ1v) is 6.98. The minimum absolute atomic E-state index is 0.291. The fourth-order valence-corrected chi connectivity index (χ4v) is 2.96. The molecule has 0 saturated heterocycles. The van der Waals surface area contributed by atoms with Gasteiger partial charge in [-0.25, -0.2) is 9.78 Å². The molecule has 0 aromatic carbocycles. The van der Waals surface area contributed by atoms with Crippen molar-refractivity contribution in [2.45, 2.75) is 13.5 Å². The van der Waals surface area contributed by atoms with Crippen LogP contribution in [0.5, 0.6) is 0 Å². The molecular formula is C12H10Cl2N2O2S. The highest BCUT2D eigenvalue weighted by molar-refractivity contribution is 7.10. The number of nitrogens with one attached hydrogen (secondary N) is 1. The number of carbonyl (C=O) groups is 1. The molecule has 0 spiro atoms. The summed E-state index contributed by atoms with van der Waals surface area (Å²) in [5.41, 5.74) is 1.88. The molecule has 2 N–H and O–H groups in total. The number of thiophene rings is 1. The average molecular weight is 317 g/mol. The molecule has 0 saturated carbocycles. The highest BCUT2D eigenvalue weighted by atomic mass is 35.5. The van der Waals surface area contributed by atoms with E-state index in [1.165, 1.54) is 11.3 Å². The van der Waals surface area contributed by atoms with Crippen molar-refractivity contribution in [3.63, 3.8) is 0 Å². The number of carboxylic acid groups (broad SMARTS) is 1. The second-order valence-electron chi connectivity index (χ2n) is 3.89. The second kappa shape index (κ2) is 5.77. The summed E-state index contributed by atoms with van der Waals surface area (Å²) in [5, 5.41) is 14.2. The molecule has 0 fully saturated rings. The third-order valence-electron chi connectivity index (χ3n) is 2.48. The molecule has 2 heterocycles. The monoisotopic (exact) mass is 316 g/mol. The number of hydrogen-bond donors (Lipinski definition) is 2. The van der Waals surface area contributed by atoms with E-state index in [0.717, 1.165) is 10.4 Å². The van der Waals surface area contributed by atoms with Gasteiger partial charge in [-0.1, -0.05) is 23.2 Å². The van der Waals surface area contributed by atoms with Gasteiger partial charge in [0, 0.05) is 16.8 Å². The Bertz CT molecular complexity index is 605. The molecule has 0 amide bonds. The molecule has 7 heteroatoms. The quantitative estimate of drug-likeness (QED) is 0.835. The second-order valence-corrected chi connectivity index (χ2v) is 5.63. The van der Waals surface area contributed by atoms with Crippen LogP contribution < -0.4 is 5.32 Å². The van der Waals surface area contributed by atoms with Crippen LogP contribution in [0.25, 0.3) is 0 Å². The van der Waals surface area contributed by atoms with Crippen molar-refractivity contribution in [1.29, 1.82) is 0 Å². The third kappa shape index (κ3) is 3.37. The van der Waals surface area contributed by atoms with Crippen LogP contribution >= 0.6 is 34.5 Å². The van der Waals surface area contributed by atoms with E-state index < -0.39 is 5.97 Å². The van der Waals surface area contributed by atoms with Gasteiger partial charge in [0.25, 0.3) is 0 Å². The fourth-order valence-electron chi connectivity index (χ4n) is 1.57. The molecule has 0 atom stereocenters. The number of hydrogen-bond acceptors (Lipinski definition) is 4. The van der Waals surface area contributed by atoms with Gasteiger partial charge in [0.05, 0.1) is 11.3 Å². The van der Waals surface area contributed by atoms with Gasteiger partial charge in [0.15, 0.2) is 5.15 Å². The Kier molecular flexibility index (Phi) is 4.29. The topological polar surface area (TPSA) is 62.2 Å². The molecule has 4 nitrogen and oxygen atoms in total. The summed E-state index contributed by atoms with van der Waals surface area (Å²) in [7, 11) is 0. The third-order valence-corrected chi connectivity index (χ3v) is 3.89. The number of halogens is 2. The molecule has 0 aliphatic heterocycles. The number of aromatic carboxylic acids is 1. The van der Waals surface area contributed by atoms with Gasteiger partial charge in [0.1, 0.15) is 5.15 Å². The van der Waals surface area contributed by atoms with Crippen LogP contribution in [-0.4, -0.2) is 16.1 Å². The van der Waals surface area contributed by atoms with Crippen LogP contribution in [-0.2, 0) is 6.54 Å². The van der Waals surface area contributed by atoms with E-state index in [1.54, 1.807) is 17.5 Å². The molecule has 0 radical (unpaired) electrons. The molecule has 2 rings (SSSR count). The maximum atomic E-state index is 10.8. The lowest BCUT2D eigenvalue weighted by atomic mass is 10.2. The first-order chi connectivity index (χ1) is 8.97. The Morgan fingerprint density at radius 1 is 1.47 bits per heavy atom. The van der Waals surface area contributed by atoms with Crippen LogP contribution in [0.2, 0.25) is 10.3 Å². The molecule has 100 valence electrons. The smallest absolute Gasteiger partial charge is 0.336 e. The zero-order valence-electron chi connectivity index (χ0n) is 9.91. The van der Waals surface area contributed by atoms with E-state index in [2.05, 4.69) is 10.3 Å². The Balaban J connectivity index is 2.12. The SMILES string of the molecule is Cc1cc(Cl)nc(Cl)c1NCc1cc(C(=O)O)cs1. The number of aromatic nitrogens is 1. The van der Waals surface area contributed by atoms with E-state index in [-0.39, 0.29) is 0 Å². The molecule has 0 aliphatic rings. The number of aryl methyl sites for hydroxylation is 1. The van der Waals surface area contributed by atoms with Gasteiger partial charge in [-0.3, -0.25) is 0 Å². The lowest BCUT2D eigenvalue weighted by Gasteiger charge is -2.10. The maximum absolute atomic E-state index is 10.8. The minimum Gasteiger partial charge on any atom is -0.478 e. The average Bonchev–Trinajstić information content (AvgIpc) is 2.76. The van der Waals surface area contributed by atoms with E-state index in [1.807, 2.05) is 6.92 Å². The standard InChI is InChI=1S/C12H10Cl2N2O2S/c1-6-2-9(13)16-11(14)10(6)15-4-8-3-7(5-19-8)12(17)18/h2-3,5,15H,4H2,1H3,(H,17,18). The summed E-state index contributed by atoms with van der Waals surface area (Å²) >= 11 is 13.2. The predicted octanol–water partition coefficient (Wildman–Crippen LogP) is 4.07. The first-order valence-electron chi connectivity index (χ1n) is 5.34. The Morgan fingerprint density at radius 2 is 2.21 bits per heavy atom. The summed E-state index contributed by atoms with van der Waals surface area (Å²) < 4.78 is 0. The largest absolute Gasteiger partial charge is 0.478 e. The zero-order valence-corrected chi connectivity index (χ0v) is 12.2. The van der Waals surface area contributed by atoms with E-state index >= 15 is 0 Å². The molecule has 0 bridgehead atoms.